The lowest BCUT2D eigenvalue weighted by Gasteiger charge is -2.17. The summed E-state index contributed by atoms with van der Waals surface area (Å²) in [7, 11) is 0. The van der Waals surface area contributed by atoms with Gasteiger partial charge in [-0.05, 0) is 36.8 Å². The first kappa shape index (κ1) is 18.9. The van der Waals surface area contributed by atoms with Gasteiger partial charge in [-0.1, -0.05) is 29.8 Å². The van der Waals surface area contributed by atoms with Gasteiger partial charge < -0.3 is 10.2 Å². The lowest BCUT2D eigenvalue weighted by Crippen LogP contribution is -2.32. The highest BCUT2D eigenvalue weighted by molar-refractivity contribution is 6.00. The molecule has 1 N–H and O–H groups in total. The summed E-state index contributed by atoms with van der Waals surface area (Å²) in [6.45, 7) is 2.50. The SMILES string of the molecule is Cc1ccc(CNC(=O)C2CC(=O)N(c3ccc(C(F)(F)F)cc3)C2)cc1. The standard InChI is InChI=1S/C20H19F3N2O2/c1-13-2-4-14(5-3-13)11-24-19(27)15-10-18(26)25(12-15)17-8-6-16(7-9-17)20(21,22)23/h2-9,15H,10-12H2,1H3,(H,24,27). The van der Waals surface area contributed by atoms with Gasteiger partial charge in [0.25, 0.3) is 0 Å². The van der Waals surface area contributed by atoms with Gasteiger partial charge in [0.2, 0.25) is 11.8 Å². The van der Waals surface area contributed by atoms with Crippen molar-refractivity contribution in [1.29, 1.82) is 0 Å². The van der Waals surface area contributed by atoms with Crippen molar-refractivity contribution in [3.8, 4) is 0 Å². The van der Waals surface area contributed by atoms with E-state index in [1.807, 2.05) is 31.2 Å². The van der Waals surface area contributed by atoms with E-state index in [9.17, 15) is 22.8 Å². The van der Waals surface area contributed by atoms with Gasteiger partial charge in [-0.2, -0.15) is 13.2 Å². The second kappa shape index (κ2) is 7.42. The van der Waals surface area contributed by atoms with Crippen molar-refractivity contribution in [2.45, 2.75) is 26.1 Å². The molecule has 0 radical (unpaired) electrons. The van der Waals surface area contributed by atoms with E-state index in [1.165, 1.54) is 17.0 Å². The van der Waals surface area contributed by atoms with Crippen LogP contribution in [0.3, 0.4) is 0 Å². The highest BCUT2D eigenvalue weighted by atomic mass is 19.4. The number of nitrogens with one attached hydrogen (secondary N) is 1. The number of nitrogens with zero attached hydrogens (tertiary/aromatic N) is 1. The number of hydrogen-bond acceptors (Lipinski definition) is 2. The average Bonchev–Trinajstić information content (AvgIpc) is 3.02. The predicted molar refractivity (Wildman–Crippen MR) is 94.9 cm³/mol. The van der Waals surface area contributed by atoms with E-state index in [0.717, 1.165) is 23.3 Å². The maximum Gasteiger partial charge on any atom is 0.416 e. The summed E-state index contributed by atoms with van der Waals surface area (Å²) in [5, 5.41) is 2.82. The van der Waals surface area contributed by atoms with Gasteiger partial charge >= 0.3 is 6.18 Å². The van der Waals surface area contributed by atoms with Gasteiger partial charge in [0.15, 0.2) is 0 Å². The third-order valence-corrected chi connectivity index (χ3v) is 4.59. The minimum Gasteiger partial charge on any atom is -0.352 e. The van der Waals surface area contributed by atoms with Crippen molar-refractivity contribution in [2.24, 2.45) is 5.92 Å². The molecule has 2 amide bonds. The monoisotopic (exact) mass is 376 g/mol. The summed E-state index contributed by atoms with van der Waals surface area (Å²) in [6.07, 6.45) is -4.38. The van der Waals surface area contributed by atoms with Crippen LogP contribution in [0.1, 0.15) is 23.1 Å². The van der Waals surface area contributed by atoms with Crippen molar-refractivity contribution in [3.63, 3.8) is 0 Å². The first-order valence-electron chi connectivity index (χ1n) is 8.55. The molecule has 1 unspecified atom stereocenters. The largest absolute Gasteiger partial charge is 0.416 e. The number of alkyl halides is 3. The molecule has 0 bridgehead atoms. The number of anilines is 1. The van der Waals surface area contributed by atoms with Crippen LogP contribution < -0.4 is 10.2 Å². The number of hydrogen-bond donors (Lipinski definition) is 1. The molecular formula is C20H19F3N2O2. The fourth-order valence-electron chi connectivity index (χ4n) is 3.00. The minimum absolute atomic E-state index is 0.0424. The molecule has 0 saturated carbocycles. The summed E-state index contributed by atoms with van der Waals surface area (Å²) < 4.78 is 38.0. The Labute approximate surface area is 155 Å². The molecule has 1 atom stereocenters. The highest BCUT2D eigenvalue weighted by Crippen LogP contribution is 2.32. The van der Waals surface area contributed by atoms with E-state index >= 15 is 0 Å². The van der Waals surface area contributed by atoms with Crippen LogP contribution in [-0.2, 0) is 22.3 Å². The van der Waals surface area contributed by atoms with Crippen LogP contribution in [0.15, 0.2) is 48.5 Å². The minimum atomic E-state index is -4.42. The van der Waals surface area contributed by atoms with Crippen LogP contribution >= 0.6 is 0 Å². The summed E-state index contributed by atoms with van der Waals surface area (Å²) in [6, 6.07) is 12.1. The third kappa shape index (κ3) is 4.48. The van der Waals surface area contributed by atoms with Crippen molar-refractivity contribution in [2.75, 3.05) is 11.4 Å². The van der Waals surface area contributed by atoms with Crippen LogP contribution in [0.4, 0.5) is 18.9 Å². The Morgan fingerprint density at radius 2 is 1.74 bits per heavy atom. The number of rotatable bonds is 4. The number of amides is 2. The van der Waals surface area contributed by atoms with Gasteiger partial charge in [0.05, 0.1) is 11.5 Å². The molecule has 2 aromatic rings. The molecule has 2 aromatic carbocycles. The Hall–Kier alpha value is -2.83. The van der Waals surface area contributed by atoms with Gasteiger partial charge in [0.1, 0.15) is 0 Å². The van der Waals surface area contributed by atoms with E-state index in [-0.39, 0.29) is 24.8 Å². The molecule has 7 heteroatoms. The van der Waals surface area contributed by atoms with Crippen molar-refractivity contribution in [1.82, 2.24) is 5.32 Å². The van der Waals surface area contributed by atoms with E-state index in [1.54, 1.807) is 0 Å². The molecule has 1 heterocycles. The maximum absolute atomic E-state index is 12.7. The van der Waals surface area contributed by atoms with E-state index in [0.29, 0.717) is 12.2 Å². The van der Waals surface area contributed by atoms with Crippen LogP contribution in [0.25, 0.3) is 0 Å². The zero-order chi connectivity index (χ0) is 19.6. The Bertz CT molecular complexity index is 830. The number of halogens is 3. The van der Waals surface area contributed by atoms with Crippen molar-refractivity contribution < 1.29 is 22.8 Å². The number of carbonyl (C=O) groups excluding carboxylic acids is 2. The second-order valence-corrected chi connectivity index (χ2v) is 6.65. The molecular weight excluding hydrogens is 357 g/mol. The molecule has 1 saturated heterocycles. The highest BCUT2D eigenvalue weighted by Gasteiger charge is 2.36. The molecule has 0 aromatic heterocycles. The van der Waals surface area contributed by atoms with E-state index < -0.39 is 17.7 Å². The summed E-state index contributed by atoms with van der Waals surface area (Å²) in [4.78, 5) is 25.9. The zero-order valence-electron chi connectivity index (χ0n) is 14.7. The molecule has 0 aliphatic carbocycles. The Morgan fingerprint density at radius 3 is 2.33 bits per heavy atom. The maximum atomic E-state index is 12.7. The van der Waals surface area contributed by atoms with Gasteiger partial charge in [-0.25, -0.2) is 0 Å². The van der Waals surface area contributed by atoms with Gasteiger partial charge in [0, 0.05) is 25.2 Å². The zero-order valence-corrected chi connectivity index (χ0v) is 14.7. The Morgan fingerprint density at radius 1 is 1.11 bits per heavy atom. The summed E-state index contributed by atoms with van der Waals surface area (Å²) in [5.41, 5.74) is 1.67. The quantitative estimate of drug-likeness (QED) is 0.885. The smallest absolute Gasteiger partial charge is 0.352 e. The topological polar surface area (TPSA) is 49.4 Å². The first-order valence-corrected chi connectivity index (χ1v) is 8.55. The molecule has 1 aliphatic heterocycles. The summed E-state index contributed by atoms with van der Waals surface area (Å²) in [5.74, 6) is -1.03. The van der Waals surface area contributed by atoms with E-state index in [4.69, 9.17) is 0 Å². The predicted octanol–water partition coefficient (Wildman–Crippen LogP) is 3.68. The lowest BCUT2D eigenvalue weighted by molar-refractivity contribution is -0.137. The normalized spacial score (nSPS) is 17.3. The Balaban J connectivity index is 1.61. The molecule has 142 valence electrons. The molecule has 0 spiro atoms. The number of carbonyl (C=O) groups is 2. The third-order valence-electron chi connectivity index (χ3n) is 4.59. The molecule has 1 fully saturated rings. The number of aryl methyl sites for hydroxylation is 1. The van der Waals surface area contributed by atoms with Crippen LogP contribution in [0, 0.1) is 12.8 Å². The van der Waals surface area contributed by atoms with Crippen LogP contribution in [-0.4, -0.2) is 18.4 Å². The summed E-state index contributed by atoms with van der Waals surface area (Å²) >= 11 is 0. The fraction of sp³-hybridized carbons (Fsp3) is 0.300. The van der Waals surface area contributed by atoms with Crippen LogP contribution in [0.5, 0.6) is 0 Å². The lowest BCUT2D eigenvalue weighted by atomic mass is 10.1. The average molecular weight is 376 g/mol. The van der Waals surface area contributed by atoms with Crippen molar-refractivity contribution in [3.05, 3.63) is 65.2 Å². The number of benzene rings is 2. The van der Waals surface area contributed by atoms with Gasteiger partial charge in [-0.3, -0.25) is 9.59 Å². The van der Waals surface area contributed by atoms with Crippen LogP contribution in [0.2, 0.25) is 0 Å². The first-order chi connectivity index (χ1) is 12.7. The van der Waals surface area contributed by atoms with Crippen molar-refractivity contribution >= 4 is 17.5 Å². The Kier molecular flexibility index (Phi) is 5.21. The second-order valence-electron chi connectivity index (χ2n) is 6.65. The molecule has 4 nitrogen and oxygen atoms in total. The fourth-order valence-corrected chi connectivity index (χ4v) is 3.00. The van der Waals surface area contributed by atoms with Gasteiger partial charge in [-0.15, -0.1) is 0 Å². The molecule has 1 aliphatic rings. The molecule has 3 rings (SSSR count). The van der Waals surface area contributed by atoms with E-state index in [2.05, 4.69) is 5.32 Å². The molecule has 27 heavy (non-hydrogen) atoms.